The molecular formula is C8H11F3N2S. The highest BCUT2D eigenvalue weighted by Crippen LogP contribution is 2.34. The van der Waals surface area contributed by atoms with Gasteiger partial charge in [0.15, 0.2) is 5.01 Å². The Hall–Kier alpha value is -0.620. The smallest absolute Gasteiger partial charge is 0.330 e. The summed E-state index contributed by atoms with van der Waals surface area (Å²) in [6, 6.07) is 0. The molecule has 0 saturated heterocycles. The molecule has 0 amide bonds. The van der Waals surface area contributed by atoms with Crippen LogP contribution < -0.4 is 5.73 Å². The molecule has 1 heterocycles. The second-order valence-electron chi connectivity index (χ2n) is 3.62. The zero-order valence-corrected chi connectivity index (χ0v) is 8.67. The van der Waals surface area contributed by atoms with Crippen LogP contribution in [0, 0.1) is 0 Å². The normalized spacial score (nSPS) is 13.3. The van der Waals surface area contributed by atoms with E-state index in [-0.39, 0.29) is 6.54 Å². The SMILES string of the molecule is CC(C)(CN)c1csc(C(F)(F)F)n1. The molecule has 0 aliphatic heterocycles. The second-order valence-corrected chi connectivity index (χ2v) is 4.48. The van der Waals surface area contributed by atoms with E-state index in [1.54, 1.807) is 13.8 Å². The van der Waals surface area contributed by atoms with E-state index in [0.717, 1.165) is 0 Å². The van der Waals surface area contributed by atoms with E-state index < -0.39 is 16.6 Å². The molecule has 80 valence electrons. The van der Waals surface area contributed by atoms with E-state index in [1.807, 2.05) is 0 Å². The van der Waals surface area contributed by atoms with Crippen molar-refractivity contribution >= 4 is 11.3 Å². The van der Waals surface area contributed by atoms with Crippen LogP contribution in [0.5, 0.6) is 0 Å². The Balaban J connectivity index is 3.00. The molecule has 2 N–H and O–H groups in total. The van der Waals surface area contributed by atoms with Gasteiger partial charge in [0.05, 0.1) is 5.69 Å². The number of halogens is 3. The topological polar surface area (TPSA) is 38.9 Å². The zero-order chi connectivity index (χ0) is 11.0. The highest BCUT2D eigenvalue weighted by Gasteiger charge is 2.36. The van der Waals surface area contributed by atoms with E-state index in [0.29, 0.717) is 17.0 Å². The summed E-state index contributed by atoms with van der Waals surface area (Å²) in [5.74, 6) is 0. The maximum Gasteiger partial charge on any atom is 0.443 e. The van der Waals surface area contributed by atoms with Gasteiger partial charge in [-0.15, -0.1) is 11.3 Å². The van der Waals surface area contributed by atoms with Crippen molar-refractivity contribution in [3.8, 4) is 0 Å². The molecule has 0 aliphatic carbocycles. The Morgan fingerprint density at radius 1 is 1.43 bits per heavy atom. The molecule has 0 unspecified atom stereocenters. The third-order valence-corrected chi connectivity index (χ3v) is 2.84. The second kappa shape index (κ2) is 3.51. The summed E-state index contributed by atoms with van der Waals surface area (Å²) < 4.78 is 36.6. The molecule has 6 heteroatoms. The van der Waals surface area contributed by atoms with Crippen molar-refractivity contribution in [2.24, 2.45) is 5.73 Å². The third-order valence-electron chi connectivity index (χ3n) is 1.95. The van der Waals surface area contributed by atoms with Gasteiger partial charge < -0.3 is 5.73 Å². The minimum absolute atomic E-state index is 0.272. The van der Waals surface area contributed by atoms with Crippen molar-refractivity contribution in [2.45, 2.75) is 25.4 Å². The fourth-order valence-corrected chi connectivity index (χ4v) is 1.70. The van der Waals surface area contributed by atoms with Gasteiger partial charge in [-0.05, 0) is 0 Å². The lowest BCUT2D eigenvalue weighted by Crippen LogP contribution is -2.28. The fourth-order valence-electron chi connectivity index (χ4n) is 0.819. The Morgan fingerprint density at radius 2 is 2.00 bits per heavy atom. The Bertz CT molecular complexity index is 317. The Morgan fingerprint density at radius 3 is 2.36 bits per heavy atom. The number of aromatic nitrogens is 1. The fraction of sp³-hybridized carbons (Fsp3) is 0.625. The van der Waals surface area contributed by atoms with E-state index >= 15 is 0 Å². The molecule has 1 rings (SSSR count). The maximum atomic E-state index is 12.2. The van der Waals surface area contributed by atoms with E-state index in [9.17, 15) is 13.2 Å². The van der Waals surface area contributed by atoms with Gasteiger partial charge >= 0.3 is 6.18 Å². The van der Waals surface area contributed by atoms with Gasteiger partial charge in [-0.25, -0.2) is 4.98 Å². The zero-order valence-electron chi connectivity index (χ0n) is 7.85. The number of nitrogens with two attached hydrogens (primary N) is 1. The van der Waals surface area contributed by atoms with E-state index in [1.165, 1.54) is 5.38 Å². The summed E-state index contributed by atoms with van der Waals surface area (Å²) in [6.45, 7) is 3.80. The summed E-state index contributed by atoms with van der Waals surface area (Å²) in [6.07, 6.45) is -4.35. The first-order valence-corrected chi connectivity index (χ1v) is 4.88. The maximum absolute atomic E-state index is 12.2. The van der Waals surface area contributed by atoms with Gasteiger partial charge in [0.25, 0.3) is 0 Å². The van der Waals surface area contributed by atoms with Gasteiger partial charge in [-0.2, -0.15) is 13.2 Å². The van der Waals surface area contributed by atoms with E-state index in [4.69, 9.17) is 5.73 Å². The molecule has 0 spiro atoms. The molecule has 14 heavy (non-hydrogen) atoms. The number of thiazole rings is 1. The molecule has 0 radical (unpaired) electrons. The van der Waals surface area contributed by atoms with Crippen molar-refractivity contribution in [3.05, 3.63) is 16.1 Å². The van der Waals surface area contributed by atoms with Crippen molar-refractivity contribution in [1.29, 1.82) is 0 Å². The monoisotopic (exact) mass is 224 g/mol. The summed E-state index contributed by atoms with van der Waals surface area (Å²) >= 11 is 0.607. The largest absolute Gasteiger partial charge is 0.443 e. The molecule has 0 bridgehead atoms. The first-order chi connectivity index (χ1) is 6.27. The summed E-state index contributed by atoms with van der Waals surface area (Å²) in [5.41, 5.74) is 5.34. The Kier molecular flexibility index (Phi) is 2.87. The first kappa shape index (κ1) is 11.5. The minimum Gasteiger partial charge on any atom is -0.330 e. The van der Waals surface area contributed by atoms with Crippen molar-refractivity contribution in [3.63, 3.8) is 0 Å². The number of rotatable bonds is 2. The van der Waals surface area contributed by atoms with Crippen LogP contribution in [0.3, 0.4) is 0 Å². The number of nitrogens with zero attached hydrogens (tertiary/aromatic N) is 1. The average molecular weight is 224 g/mol. The van der Waals surface area contributed by atoms with Crippen molar-refractivity contribution < 1.29 is 13.2 Å². The number of alkyl halides is 3. The van der Waals surface area contributed by atoms with Crippen LogP contribution in [-0.4, -0.2) is 11.5 Å². The Labute approximate surface area is 84.0 Å². The highest BCUT2D eigenvalue weighted by molar-refractivity contribution is 7.09. The molecule has 0 atom stereocenters. The highest BCUT2D eigenvalue weighted by atomic mass is 32.1. The van der Waals surface area contributed by atoms with Crippen LogP contribution in [0.2, 0.25) is 0 Å². The van der Waals surface area contributed by atoms with Crippen molar-refractivity contribution in [1.82, 2.24) is 4.98 Å². The van der Waals surface area contributed by atoms with Gasteiger partial charge in [0, 0.05) is 17.3 Å². The lowest BCUT2D eigenvalue weighted by atomic mass is 9.90. The van der Waals surface area contributed by atoms with Gasteiger partial charge in [-0.1, -0.05) is 13.8 Å². The molecule has 0 aliphatic rings. The lowest BCUT2D eigenvalue weighted by molar-refractivity contribution is -0.137. The molecular weight excluding hydrogens is 213 g/mol. The van der Waals surface area contributed by atoms with E-state index in [2.05, 4.69) is 4.98 Å². The number of hydrogen-bond donors (Lipinski definition) is 1. The molecule has 0 fully saturated rings. The molecule has 1 aromatic rings. The van der Waals surface area contributed by atoms with Crippen LogP contribution in [0.25, 0.3) is 0 Å². The first-order valence-electron chi connectivity index (χ1n) is 4.00. The summed E-state index contributed by atoms with van der Waals surface area (Å²) in [7, 11) is 0. The van der Waals surface area contributed by atoms with Crippen LogP contribution in [0.15, 0.2) is 5.38 Å². The van der Waals surface area contributed by atoms with Gasteiger partial charge in [0.2, 0.25) is 0 Å². The summed E-state index contributed by atoms with van der Waals surface area (Å²) in [5, 5.41) is 0.601. The van der Waals surface area contributed by atoms with Crippen molar-refractivity contribution in [2.75, 3.05) is 6.54 Å². The van der Waals surface area contributed by atoms with Crippen LogP contribution in [0.1, 0.15) is 24.5 Å². The third kappa shape index (κ3) is 2.24. The van der Waals surface area contributed by atoms with Gasteiger partial charge in [0.1, 0.15) is 0 Å². The summed E-state index contributed by atoms with van der Waals surface area (Å²) in [4.78, 5) is 3.54. The molecule has 2 nitrogen and oxygen atoms in total. The minimum atomic E-state index is -4.35. The van der Waals surface area contributed by atoms with Crippen LogP contribution in [0.4, 0.5) is 13.2 Å². The molecule has 1 aromatic heterocycles. The van der Waals surface area contributed by atoms with Crippen LogP contribution >= 0.6 is 11.3 Å². The number of hydrogen-bond acceptors (Lipinski definition) is 3. The average Bonchev–Trinajstić information content (AvgIpc) is 2.51. The quantitative estimate of drug-likeness (QED) is 0.837. The standard InChI is InChI=1S/C8H11F3N2S/c1-7(2,4-12)5-3-14-6(13-5)8(9,10)11/h3H,4,12H2,1-2H3. The van der Waals surface area contributed by atoms with Gasteiger partial charge in [-0.3, -0.25) is 0 Å². The predicted octanol–water partition coefficient (Wildman–Crippen LogP) is 2.40. The van der Waals surface area contributed by atoms with Crippen LogP contribution in [-0.2, 0) is 11.6 Å². The molecule has 0 aromatic carbocycles. The lowest BCUT2D eigenvalue weighted by Gasteiger charge is -2.19. The predicted molar refractivity (Wildman–Crippen MR) is 49.2 cm³/mol. The molecule has 0 saturated carbocycles.